The van der Waals surface area contributed by atoms with Crippen molar-refractivity contribution in [1.29, 1.82) is 0 Å². The molecule has 0 radical (unpaired) electrons. The van der Waals surface area contributed by atoms with Gasteiger partial charge in [-0.05, 0) is 19.1 Å². The van der Waals surface area contributed by atoms with Crippen molar-refractivity contribution in [3.05, 3.63) is 34.3 Å². The van der Waals surface area contributed by atoms with Gasteiger partial charge in [-0.15, -0.1) is 35.3 Å². The van der Waals surface area contributed by atoms with Gasteiger partial charge in [0.25, 0.3) is 0 Å². The summed E-state index contributed by atoms with van der Waals surface area (Å²) in [6, 6.07) is 5.64. The molecule has 3 rings (SSSR count). The largest absolute Gasteiger partial charge is 0.490 e. The topological polar surface area (TPSA) is 81.8 Å². The number of aliphatic imine (C=N–C) groups is 1. The van der Waals surface area contributed by atoms with Crippen LogP contribution in [0.3, 0.4) is 0 Å². The van der Waals surface area contributed by atoms with Crippen molar-refractivity contribution >= 4 is 47.0 Å². The lowest BCUT2D eigenvalue weighted by Gasteiger charge is -2.10. The maximum atomic E-state index is 5.91. The summed E-state index contributed by atoms with van der Waals surface area (Å²) in [6.07, 6.45) is 2.72. The lowest BCUT2D eigenvalue weighted by atomic mass is 10.3. The van der Waals surface area contributed by atoms with E-state index in [0.717, 1.165) is 28.6 Å². The lowest BCUT2D eigenvalue weighted by molar-refractivity contribution is 0.297. The van der Waals surface area contributed by atoms with Gasteiger partial charge in [0, 0.05) is 29.2 Å². The number of fused-ring (bicyclic) bond motifs is 1. The van der Waals surface area contributed by atoms with Crippen LogP contribution in [0.1, 0.15) is 16.3 Å². The Balaban J connectivity index is 0.00000192. The summed E-state index contributed by atoms with van der Waals surface area (Å²) in [5.41, 5.74) is 6.73. The molecule has 0 saturated carbocycles. The van der Waals surface area contributed by atoms with Crippen LogP contribution < -0.4 is 20.5 Å². The Labute approximate surface area is 156 Å². The molecular weight excluding hydrogens is 427 g/mol. The molecule has 0 aliphatic carbocycles. The highest BCUT2D eigenvalue weighted by molar-refractivity contribution is 14.0. The van der Waals surface area contributed by atoms with Gasteiger partial charge in [-0.3, -0.25) is 0 Å². The third-order valence-corrected chi connectivity index (χ3v) is 3.97. The van der Waals surface area contributed by atoms with Crippen molar-refractivity contribution in [3.8, 4) is 11.5 Å². The van der Waals surface area contributed by atoms with Crippen LogP contribution in [-0.4, -0.2) is 24.2 Å². The standard InChI is InChI=1S/C15H18N4O2S.HI/c1-10-8-17-14(22-10)9-18-15(16)19-11-3-4-12-13(7-11)21-6-2-5-20-12;/h3-4,7-8H,2,5-6,9H2,1H3,(H3,16,18,19);1H. The molecule has 0 atom stereocenters. The zero-order chi connectivity index (χ0) is 15.4. The third kappa shape index (κ3) is 4.96. The summed E-state index contributed by atoms with van der Waals surface area (Å²) in [5, 5.41) is 4.00. The summed E-state index contributed by atoms with van der Waals surface area (Å²) < 4.78 is 11.2. The number of nitrogens with zero attached hydrogens (tertiary/aromatic N) is 2. The van der Waals surface area contributed by atoms with Crippen molar-refractivity contribution in [1.82, 2.24) is 4.98 Å². The molecule has 1 aliphatic rings. The molecule has 2 aromatic rings. The molecule has 0 amide bonds. The SMILES string of the molecule is Cc1cnc(CN=C(N)Nc2ccc3c(c2)OCCCO3)s1.I. The van der Waals surface area contributed by atoms with E-state index in [1.807, 2.05) is 31.3 Å². The van der Waals surface area contributed by atoms with E-state index < -0.39 is 0 Å². The first-order valence-corrected chi connectivity index (χ1v) is 7.90. The number of anilines is 1. The van der Waals surface area contributed by atoms with Gasteiger partial charge in [0.15, 0.2) is 17.5 Å². The van der Waals surface area contributed by atoms with Crippen LogP contribution in [0.15, 0.2) is 29.4 Å². The smallest absolute Gasteiger partial charge is 0.193 e. The number of nitrogens with one attached hydrogen (secondary N) is 1. The number of hydrogen-bond acceptors (Lipinski definition) is 5. The zero-order valence-corrected chi connectivity index (χ0v) is 15.9. The molecule has 2 heterocycles. The monoisotopic (exact) mass is 446 g/mol. The van der Waals surface area contributed by atoms with Crippen molar-refractivity contribution in [3.63, 3.8) is 0 Å². The summed E-state index contributed by atoms with van der Waals surface area (Å²) in [4.78, 5) is 9.71. The number of guanidine groups is 1. The van der Waals surface area contributed by atoms with Crippen LogP contribution in [0.4, 0.5) is 5.69 Å². The molecule has 1 aliphatic heterocycles. The third-order valence-electron chi connectivity index (χ3n) is 3.07. The summed E-state index contributed by atoms with van der Waals surface area (Å²) in [5.74, 6) is 1.84. The lowest BCUT2D eigenvalue weighted by Crippen LogP contribution is -2.22. The van der Waals surface area contributed by atoms with Crippen molar-refractivity contribution in [2.75, 3.05) is 18.5 Å². The average molecular weight is 446 g/mol. The fourth-order valence-electron chi connectivity index (χ4n) is 2.06. The summed E-state index contributed by atoms with van der Waals surface area (Å²) in [7, 11) is 0. The number of thiazole rings is 1. The minimum atomic E-state index is 0. The molecule has 0 saturated heterocycles. The maximum Gasteiger partial charge on any atom is 0.193 e. The minimum absolute atomic E-state index is 0. The fraction of sp³-hybridized carbons (Fsp3) is 0.333. The molecule has 0 spiro atoms. The zero-order valence-electron chi connectivity index (χ0n) is 12.7. The summed E-state index contributed by atoms with van der Waals surface area (Å²) in [6.45, 7) is 3.83. The maximum absolute atomic E-state index is 5.91. The Morgan fingerprint density at radius 2 is 2.13 bits per heavy atom. The van der Waals surface area contributed by atoms with Crippen LogP contribution in [0, 0.1) is 6.92 Å². The quantitative estimate of drug-likeness (QED) is 0.430. The predicted octanol–water partition coefficient (Wildman–Crippen LogP) is 3.16. The van der Waals surface area contributed by atoms with E-state index in [-0.39, 0.29) is 24.0 Å². The van der Waals surface area contributed by atoms with Gasteiger partial charge < -0.3 is 20.5 Å². The van der Waals surface area contributed by atoms with Gasteiger partial charge in [0.2, 0.25) is 0 Å². The second kappa shape index (κ2) is 8.34. The Morgan fingerprint density at radius 1 is 1.35 bits per heavy atom. The van der Waals surface area contributed by atoms with Crippen LogP contribution in [0.25, 0.3) is 0 Å². The van der Waals surface area contributed by atoms with Crippen molar-refractivity contribution in [2.45, 2.75) is 19.9 Å². The average Bonchev–Trinajstić information content (AvgIpc) is 2.78. The molecule has 3 N–H and O–H groups in total. The minimum Gasteiger partial charge on any atom is -0.490 e. The van der Waals surface area contributed by atoms with Crippen LogP contribution in [0.5, 0.6) is 11.5 Å². The Morgan fingerprint density at radius 3 is 2.87 bits per heavy atom. The van der Waals surface area contributed by atoms with Gasteiger partial charge in [-0.1, -0.05) is 0 Å². The highest BCUT2D eigenvalue weighted by atomic mass is 127. The predicted molar refractivity (Wildman–Crippen MR) is 103 cm³/mol. The van der Waals surface area contributed by atoms with Gasteiger partial charge >= 0.3 is 0 Å². The van der Waals surface area contributed by atoms with E-state index in [0.29, 0.717) is 25.7 Å². The van der Waals surface area contributed by atoms with E-state index in [1.54, 1.807) is 11.3 Å². The van der Waals surface area contributed by atoms with E-state index in [9.17, 15) is 0 Å². The van der Waals surface area contributed by atoms with Gasteiger partial charge in [0.1, 0.15) is 5.01 Å². The molecular formula is C15H19IN4O2S. The van der Waals surface area contributed by atoms with E-state index in [2.05, 4.69) is 15.3 Å². The number of aromatic nitrogens is 1. The van der Waals surface area contributed by atoms with Gasteiger partial charge in [0.05, 0.1) is 19.8 Å². The van der Waals surface area contributed by atoms with Crippen LogP contribution in [-0.2, 0) is 6.54 Å². The number of benzene rings is 1. The van der Waals surface area contributed by atoms with Crippen molar-refractivity contribution < 1.29 is 9.47 Å². The van der Waals surface area contributed by atoms with E-state index >= 15 is 0 Å². The highest BCUT2D eigenvalue weighted by Crippen LogP contribution is 2.32. The molecule has 6 nitrogen and oxygen atoms in total. The normalized spacial score (nSPS) is 13.9. The molecule has 8 heteroatoms. The number of nitrogens with two attached hydrogens (primary N) is 1. The van der Waals surface area contributed by atoms with E-state index in [1.165, 1.54) is 4.88 Å². The number of ether oxygens (including phenoxy) is 2. The number of rotatable bonds is 3. The molecule has 1 aromatic heterocycles. The van der Waals surface area contributed by atoms with Crippen LogP contribution in [0.2, 0.25) is 0 Å². The highest BCUT2D eigenvalue weighted by Gasteiger charge is 2.10. The summed E-state index contributed by atoms with van der Waals surface area (Å²) >= 11 is 1.62. The second-order valence-corrected chi connectivity index (χ2v) is 6.22. The molecule has 1 aromatic carbocycles. The molecule has 0 fully saturated rings. The first kappa shape index (κ1) is 17.8. The molecule has 23 heavy (non-hydrogen) atoms. The van der Waals surface area contributed by atoms with E-state index in [4.69, 9.17) is 15.2 Å². The number of halogens is 1. The molecule has 124 valence electrons. The second-order valence-electron chi connectivity index (χ2n) is 4.90. The Hall–Kier alpha value is -1.55. The van der Waals surface area contributed by atoms with Crippen molar-refractivity contribution in [2.24, 2.45) is 10.7 Å². The van der Waals surface area contributed by atoms with Gasteiger partial charge in [-0.2, -0.15) is 0 Å². The van der Waals surface area contributed by atoms with Crippen LogP contribution >= 0.6 is 35.3 Å². The first-order valence-electron chi connectivity index (χ1n) is 7.08. The molecule has 0 unspecified atom stereocenters. The number of hydrogen-bond donors (Lipinski definition) is 2. The van der Waals surface area contributed by atoms with Gasteiger partial charge in [-0.25, -0.2) is 9.98 Å². The number of aryl methyl sites for hydroxylation is 1. The Kier molecular flexibility index (Phi) is 6.46. The molecule has 0 bridgehead atoms. The Bertz CT molecular complexity index is 690. The fourth-order valence-corrected chi connectivity index (χ4v) is 2.77. The first-order chi connectivity index (χ1) is 10.7.